The minimum absolute atomic E-state index is 0.0246. The van der Waals surface area contributed by atoms with Gasteiger partial charge in [0.15, 0.2) is 0 Å². The number of aliphatic hydroxyl groups is 1. The molecular formula is C29H53N7O10. The first-order chi connectivity index (χ1) is 21.8. The fourth-order valence-corrected chi connectivity index (χ4v) is 4.83. The lowest BCUT2D eigenvalue weighted by Gasteiger charge is -2.32. The van der Waals surface area contributed by atoms with Crippen LogP contribution in [0.2, 0.25) is 0 Å². The Labute approximate surface area is 270 Å². The van der Waals surface area contributed by atoms with Gasteiger partial charge in [0.2, 0.25) is 17.7 Å². The molecule has 0 aromatic rings. The van der Waals surface area contributed by atoms with Crippen LogP contribution in [0.15, 0.2) is 0 Å². The molecule has 264 valence electrons. The third kappa shape index (κ3) is 19.9. The van der Waals surface area contributed by atoms with E-state index in [0.29, 0.717) is 12.5 Å². The molecule has 0 aromatic heterocycles. The highest BCUT2D eigenvalue weighted by molar-refractivity contribution is 5.88. The summed E-state index contributed by atoms with van der Waals surface area (Å²) in [6.07, 6.45) is 2.66. The van der Waals surface area contributed by atoms with Crippen LogP contribution in [0.1, 0.15) is 39.5 Å². The van der Waals surface area contributed by atoms with Crippen molar-refractivity contribution in [1.82, 2.24) is 35.6 Å². The van der Waals surface area contributed by atoms with E-state index in [9.17, 15) is 49.2 Å². The van der Waals surface area contributed by atoms with E-state index in [0.717, 1.165) is 19.3 Å². The van der Waals surface area contributed by atoms with E-state index >= 15 is 0 Å². The summed E-state index contributed by atoms with van der Waals surface area (Å²) in [4.78, 5) is 78.4. The van der Waals surface area contributed by atoms with E-state index in [2.05, 4.69) is 29.8 Å². The molecule has 17 heteroatoms. The monoisotopic (exact) mass is 659 g/mol. The Bertz CT molecular complexity index is 952. The van der Waals surface area contributed by atoms with Gasteiger partial charge in [0, 0.05) is 71.9 Å². The van der Waals surface area contributed by atoms with Crippen molar-refractivity contribution in [1.29, 1.82) is 0 Å². The average Bonchev–Trinajstić information content (AvgIpc) is 2.95. The minimum atomic E-state index is -1.10. The van der Waals surface area contributed by atoms with Crippen molar-refractivity contribution in [2.75, 3.05) is 98.2 Å². The molecule has 0 spiro atoms. The van der Waals surface area contributed by atoms with Gasteiger partial charge in [0.05, 0.1) is 32.8 Å². The molecule has 1 saturated heterocycles. The predicted molar refractivity (Wildman–Crippen MR) is 167 cm³/mol. The smallest absolute Gasteiger partial charge is 0.317 e. The number of amides is 3. The number of carboxylic acid groups (broad SMARTS) is 3. The summed E-state index contributed by atoms with van der Waals surface area (Å²) in [5.41, 5.74) is 0. The summed E-state index contributed by atoms with van der Waals surface area (Å²) in [6, 6.07) is -1.10. The lowest BCUT2D eigenvalue weighted by molar-refractivity contribution is -0.140. The quantitative estimate of drug-likeness (QED) is 0.0705. The van der Waals surface area contributed by atoms with Crippen LogP contribution < -0.4 is 16.0 Å². The van der Waals surface area contributed by atoms with Crippen LogP contribution in [0.25, 0.3) is 0 Å². The maximum Gasteiger partial charge on any atom is 0.317 e. The molecule has 1 heterocycles. The van der Waals surface area contributed by atoms with Crippen LogP contribution in [0.4, 0.5) is 0 Å². The van der Waals surface area contributed by atoms with E-state index in [-0.39, 0.29) is 91.5 Å². The maximum atomic E-state index is 12.8. The van der Waals surface area contributed by atoms with Crippen LogP contribution in [0, 0.1) is 5.92 Å². The van der Waals surface area contributed by atoms with E-state index in [1.165, 1.54) is 0 Å². The van der Waals surface area contributed by atoms with Crippen LogP contribution in [-0.2, 0) is 28.8 Å². The first-order valence-electron chi connectivity index (χ1n) is 15.8. The number of carbonyl (C=O) groups excluding carboxylic acids is 3. The molecule has 0 radical (unpaired) electrons. The van der Waals surface area contributed by atoms with Crippen LogP contribution in [-0.4, -0.2) is 180 Å². The van der Waals surface area contributed by atoms with E-state index in [4.69, 9.17) is 0 Å². The zero-order chi connectivity index (χ0) is 34.5. The second kappa shape index (κ2) is 23.0. The van der Waals surface area contributed by atoms with Gasteiger partial charge in [-0.1, -0.05) is 26.7 Å². The van der Waals surface area contributed by atoms with Crippen molar-refractivity contribution in [3.8, 4) is 0 Å². The number of hydrogen-bond donors (Lipinski definition) is 7. The lowest BCUT2D eigenvalue weighted by atomic mass is 10.1. The Morgan fingerprint density at radius 1 is 0.609 bits per heavy atom. The molecule has 1 atom stereocenters. The summed E-state index contributed by atoms with van der Waals surface area (Å²) in [7, 11) is 0. The molecule has 46 heavy (non-hydrogen) atoms. The lowest BCUT2D eigenvalue weighted by Crippen LogP contribution is -2.50. The molecule has 1 aliphatic heterocycles. The number of carboxylic acids is 3. The third-order valence-corrected chi connectivity index (χ3v) is 7.39. The maximum absolute atomic E-state index is 12.8. The van der Waals surface area contributed by atoms with Crippen LogP contribution >= 0.6 is 0 Å². The van der Waals surface area contributed by atoms with Gasteiger partial charge in [0.25, 0.3) is 0 Å². The first-order valence-corrected chi connectivity index (χ1v) is 15.8. The summed E-state index contributed by atoms with van der Waals surface area (Å²) in [6.45, 7) is 5.34. The fourth-order valence-electron chi connectivity index (χ4n) is 4.83. The number of aliphatic hydroxyl groups excluding tert-OH is 1. The Morgan fingerprint density at radius 2 is 1.04 bits per heavy atom. The molecule has 17 nitrogen and oxygen atoms in total. The van der Waals surface area contributed by atoms with Gasteiger partial charge in [-0.2, -0.15) is 0 Å². The number of rotatable bonds is 19. The normalized spacial score (nSPS) is 17.0. The predicted octanol–water partition coefficient (Wildman–Crippen LogP) is -2.61. The van der Waals surface area contributed by atoms with E-state index in [1.807, 2.05) is 0 Å². The van der Waals surface area contributed by atoms with Crippen molar-refractivity contribution in [3.63, 3.8) is 0 Å². The zero-order valence-corrected chi connectivity index (χ0v) is 27.1. The van der Waals surface area contributed by atoms with Gasteiger partial charge in [-0.25, -0.2) is 0 Å². The molecular weight excluding hydrogens is 606 g/mol. The van der Waals surface area contributed by atoms with Gasteiger partial charge < -0.3 is 36.4 Å². The standard InChI is InChI=1S/C29H53N7O10/c1-22(2)5-3-4-7-31-29(46)23(21-37)32-24(38)6-8-30-25(39)17-33-9-11-34(18-26(40)41)13-15-36(20-28(44)45)16-14-35(12-10-33)19-27(42)43/h22-23,37H,3-21H2,1-2H3,(H,30,39)(H,31,46)(H,32,38)(H,40,41)(H,42,43)(H,44,45)/t23-/m1/s1. The molecule has 1 rings (SSSR count). The number of unbranched alkanes of at least 4 members (excludes halogenated alkanes) is 1. The molecule has 1 fully saturated rings. The van der Waals surface area contributed by atoms with Crippen LogP contribution in [0.3, 0.4) is 0 Å². The molecule has 0 saturated carbocycles. The largest absolute Gasteiger partial charge is 0.480 e. The number of nitrogens with zero attached hydrogens (tertiary/aromatic N) is 4. The molecule has 0 aliphatic carbocycles. The first kappa shape index (κ1) is 40.6. The number of nitrogens with one attached hydrogen (secondary N) is 3. The summed E-state index contributed by atoms with van der Waals surface area (Å²) in [5.74, 6) is -3.97. The highest BCUT2D eigenvalue weighted by atomic mass is 16.4. The van der Waals surface area contributed by atoms with E-state index in [1.54, 1.807) is 19.6 Å². The molecule has 0 unspecified atom stereocenters. The van der Waals surface area contributed by atoms with E-state index < -0.39 is 48.3 Å². The minimum Gasteiger partial charge on any atom is -0.480 e. The molecule has 0 aromatic carbocycles. The van der Waals surface area contributed by atoms with Crippen molar-refractivity contribution in [2.45, 2.75) is 45.6 Å². The molecule has 7 N–H and O–H groups in total. The summed E-state index contributed by atoms with van der Waals surface area (Å²) in [5, 5.41) is 45.4. The zero-order valence-electron chi connectivity index (χ0n) is 27.1. The second-order valence-corrected chi connectivity index (χ2v) is 11.9. The van der Waals surface area contributed by atoms with Gasteiger partial charge in [0.1, 0.15) is 6.04 Å². The van der Waals surface area contributed by atoms with Crippen molar-refractivity contribution < 1.29 is 49.2 Å². The average molecular weight is 660 g/mol. The fraction of sp³-hybridized carbons (Fsp3) is 0.793. The SMILES string of the molecule is CC(C)CCCCNC(=O)[C@@H](CO)NC(=O)CCNC(=O)CN1CCN(CC(=O)O)CCN(CC(=O)O)CCN(CC(=O)O)CC1. The molecule has 1 aliphatic rings. The molecule has 0 bridgehead atoms. The van der Waals surface area contributed by atoms with Crippen LogP contribution in [0.5, 0.6) is 0 Å². The van der Waals surface area contributed by atoms with Crippen molar-refractivity contribution >= 4 is 35.6 Å². The van der Waals surface area contributed by atoms with Crippen molar-refractivity contribution in [3.05, 3.63) is 0 Å². The Morgan fingerprint density at radius 3 is 1.43 bits per heavy atom. The Balaban J connectivity index is 2.69. The van der Waals surface area contributed by atoms with Gasteiger partial charge in [-0.15, -0.1) is 0 Å². The second-order valence-electron chi connectivity index (χ2n) is 11.9. The number of aliphatic carboxylic acids is 3. The Hall–Kier alpha value is -3.38. The third-order valence-electron chi connectivity index (χ3n) is 7.39. The highest BCUT2D eigenvalue weighted by Crippen LogP contribution is 2.05. The van der Waals surface area contributed by atoms with Gasteiger partial charge in [-0.3, -0.25) is 48.4 Å². The van der Waals surface area contributed by atoms with Crippen molar-refractivity contribution in [2.24, 2.45) is 5.92 Å². The van der Waals surface area contributed by atoms with Gasteiger partial charge in [-0.05, 0) is 12.3 Å². The summed E-state index contributed by atoms with van der Waals surface area (Å²) < 4.78 is 0. The summed E-state index contributed by atoms with van der Waals surface area (Å²) >= 11 is 0. The number of carbonyl (C=O) groups is 6. The van der Waals surface area contributed by atoms with Gasteiger partial charge >= 0.3 is 17.9 Å². The Kier molecular flexibility index (Phi) is 20.3. The molecule has 3 amide bonds. The topological polar surface area (TPSA) is 232 Å². The number of hydrogen-bond acceptors (Lipinski definition) is 11. The highest BCUT2D eigenvalue weighted by Gasteiger charge is 2.22.